The maximum Gasteiger partial charge on any atom is 0.481 e. The maximum atomic E-state index is 13.2. The monoisotopic (exact) mass is 702 g/mol. The number of rotatable bonds is 13. The van der Waals surface area contributed by atoms with Crippen molar-refractivity contribution < 1.29 is 56.1 Å². The summed E-state index contributed by atoms with van der Waals surface area (Å²) in [6.45, 7) is -1.41. The minimum atomic E-state index is -5.39. The van der Waals surface area contributed by atoms with Crippen LogP contribution in [0.4, 0.5) is 0 Å². The summed E-state index contributed by atoms with van der Waals surface area (Å²) in [6.07, 6.45) is -5.34. The predicted molar refractivity (Wildman–Crippen MR) is 164 cm³/mol. The third kappa shape index (κ3) is 9.10. The molecule has 5 rings (SSSR count). The second kappa shape index (κ2) is 15.2. The molecule has 1 saturated heterocycles. The molecule has 0 saturated carbocycles. The first-order chi connectivity index (χ1) is 22.9. The van der Waals surface area contributed by atoms with Crippen molar-refractivity contribution in [1.29, 1.82) is 0 Å². The summed E-state index contributed by atoms with van der Waals surface area (Å²) >= 11 is 0. The van der Waals surface area contributed by atoms with Crippen LogP contribution in [0.1, 0.15) is 32.5 Å². The fourth-order valence-electron chi connectivity index (χ4n) is 4.57. The Labute approximate surface area is 271 Å². The smallest absolute Gasteiger partial charge is 0.452 e. The standard InChI is InChI=1S/C30H28N2O14P2/c33-24-16-17-32(30(36)31-24)27-26(45-29(35)22-14-8-3-9-15-22)25(44-28(34)21-12-6-2-7-13-21)23(43-27)19-42-48(39,40)46-47(37,38)41-18-20-10-4-1-5-11-20/h1-17,23,25-27H,18-19H2,(H,37,38)(H,39,40)(H,31,33,36)/t23-,25+,26?,27-/m1/s1. The molecule has 3 N–H and O–H groups in total. The molecule has 3 aromatic carbocycles. The summed E-state index contributed by atoms with van der Waals surface area (Å²) in [5, 5.41) is 0. The van der Waals surface area contributed by atoms with Gasteiger partial charge in [-0.15, -0.1) is 0 Å². The van der Waals surface area contributed by atoms with Gasteiger partial charge >= 0.3 is 33.3 Å². The van der Waals surface area contributed by atoms with Gasteiger partial charge in [-0.05, 0) is 29.8 Å². The number of aromatic amines is 1. The molecule has 1 aliphatic rings. The minimum Gasteiger partial charge on any atom is -0.452 e. The Morgan fingerprint density at radius 1 is 0.750 bits per heavy atom. The number of ether oxygens (including phenoxy) is 3. The Bertz CT molecular complexity index is 1940. The van der Waals surface area contributed by atoms with E-state index in [1.807, 2.05) is 4.98 Å². The number of phosphoric ester groups is 2. The molecule has 18 heteroatoms. The molecule has 48 heavy (non-hydrogen) atoms. The summed E-state index contributed by atoms with van der Waals surface area (Å²) in [4.78, 5) is 73.4. The van der Waals surface area contributed by atoms with Gasteiger partial charge in [0.2, 0.25) is 0 Å². The summed E-state index contributed by atoms with van der Waals surface area (Å²) in [6, 6.07) is 24.4. The number of esters is 2. The third-order valence-electron chi connectivity index (χ3n) is 6.76. The van der Waals surface area contributed by atoms with Crippen LogP contribution in [0.25, 0.3) is 0 Å². The maximum absolute atomic E-state index is 13.2. The lowest BCUT2D eigenvalue weighted by atomic mass is 10.1. The molecule has 1 aromatic heterocycles. The van der Waals surface area contributed by atoms with Gasteiger partial charge in [-0.1, -0.05) is 66.7 Å². The number of hydrogen-bond donors (Lipinski definition) is 3. The molecule has 2 heterocycles. The van der Waals surface area contributed by atoms with Crippen molar-refractivity contribution in [3.05, 3.63) is 141 Å². The second-order valence-electron chi connectivity index (χ2n) is 10.1. The van der Waals surface area contributed by atoms with Crippen LogP contribution in [-0.2, 0) is 43.3 Å². The van der Waals surface area contributed by atoms with Gasteiger partial charge in [0, 0.05) is 12.3 Å². The van der Waals surface area contributed by atoms with Crippen molar-refractivity contribution in [1.82, 2.24) is 9.55 Å². The lowest BCUT2D eigenvalue weighted by molar-refractivity contribution is -0.0598. The van der Waals surface area contributed by atoms with Gasteiger partial charge in [0.1, 0.15) is 6.10 Å². The molecule has 0 aliphatic carbocycles. The molecule has 1 aliphatic heterocycles. The van der Waals surface area contributed by atoms with E-state index >= 15 is 0 Å². The highest BCUT2D eigenvalue weighted by molar-refractivity contribution is 7.61. The fraction of sp³-hybridized carbons (Fsp3) is 0.200. The SMILES string of the molecule is O=C(OC1[C@@H](OC(=O)c2ccccc2)[C@@H](COP(=O)(O)OP(=O)(O)OCc2ccccc2)O[C@H]1n1ccc(=O)[nH]c1=O)c1ccccc1. The van der Waals surface area contributed by atoms with Gasteiger partial charge in [0.15, 0.2) is 18.4 Å². The third-order valence-corrected chi connectivity index (χ3v) is 9.34. The summed E-state index contributed by atoms with van der Waals surface area (Å²) in [5.74, 6) is -1.84. The van der Waals surface area contributed by atoms with Gasteiger partial charge in [-0.3, -0.25) is 23.4 Å². The Hall–Kier alpha value is -4.50. The highest BCUT2D eigenvalue weighted by atomic mass is 31.3. The summed E-state index contributed by atoms with van der Waals surface area (Å²) in [5.41, 5.74) is -1.12. The molecule has 252 valence electrons. The van der Waals surface area contributed by atoms with Gasteiger partial charge in [0.05, 0.1) is 24.3 Å². The van der Waals surface area contributed by atoms with Gasteiger partial charge in [-0.2, -0.15) is 4.31 Å². The zero-order valence-electron chi connectivity index (χ0n) is 24.7. The zero-order valence-corrected chi connectivity index (χ0v) is 26.5. The Morgan fingerprint density at radius 2 is 1.27 bits per heavy atom. The van der Waals surface area contributed by atoms with Crippen LogP contribution >= 0.6 is 15.6 Å². The number of carbonyl (C=O) groups is 2. The van der Waals surface area contributed by atoms with E-state index in [0.29, 0.717) is 5.56 Å². The molecule has 0 spiro atoms. The van der Waals surface area contributed by atoms with E-state index in [9.17, 15) is 38.1 Å². The molecule has 16 nitrogen and oxygen atoms in total. The lowest BCUT2D eigenvalue weighted by Crippen LogP contribution is -2.42. The van der Waals surface area contributed by atoms with Crippen LogP contribution in [0, 0.1) is 0 Å². The molecule has 0 bridgehead atoms. The Kier molecular flexibility index (Phi) is 11.0. The van der Waals surface area contributed by atoms with Crippen LogP contribution in [-0.4, -0.2) is 56.2 Å². The highest BCUT2D eigenvalue weighted by Crippen LogP contribution is 2.61. The van der Waals surface area contributed by atoms with Gasteiger partial charge < -0.3 is 24.0 Å². The first-order valence-electron chi connectivity index (χ1n) is 14.1. The quantitative estimate of drug-likeness (QED) is 0.134. The van der Waals surface area contributed by atoms with Crippen molar-refractivity contribution in [2.75, 3.05) is 6.61 Å². The van der Waals surface area contributed by atoms with Gasteiger partial charge in [-0.25, -0.2) is 23.5 Å². The number of H-pyrrole nitrogens is 1. The number of phosphoric acid groups is 2. The van der Waals surface area contributed by atoms with E-state index in [0.717, 1.165) is 16.8 Å². The molecule has 4 aromatic rings. The lowest BCUT2D eigenvalue weighted by Gasteiger charge is -2.25. The largest absolute Gasteiger partial charge is 0.481 e. The number of carbonyl (C=O) groups excluding carboxylic acids is 2. The molecule has 0 amide bonds. The fourth-order valence-corrected chi connectivity index (χ4v) is 6.64. The van der Waals surface area contributed by atoms with Crippen LogP contribution in [0.2, 0.25) is 0 Å². The number of nitrogens with one attached hydrogen (secondary N) is 1. The van der Waals surface area contributed by atoms with E-state index < -0.39 is 76.6 Å². The zero-order chi connectivity index (χ0) is 34.3. The molecule has 6 atom stereocenters. The van der Waals surface area contributed by atoms with E-state index in [1.54, 1.807) is 66.7 Å². The van der Waals surface area contributed by atoms with Crippen molar-refractivity contribution in [2.24, 2.45) is 0 Å². The predicted octanol–water partition coefficient (Wildman–Crippen LogP) is 3.34. The minimum absolute atomic E-state index is 0.0721. The first kappa shape index (κ1) is 34.8. The van der Waals surface area contributed by atoms with Crippen LogP contribution in [0.15, 0.2) is 113 Å². The van der Waals surface area contributed by atoms with E-state index in [1.165, 1.54) is 24.3 Å². The van der Waals surface area contributed by atoms with Crippen LogP contribution < -0.4 is 11.2 Å². The number of aromatic nitrogens is 2. The molecule has 3 unspecified atom stereocenters. The number of benzene rings is 3. The van der Waals surface area contributed by atoms with Crippen LogP contribution in [0.3, 0.4) is 0 Å². The van der Waals surface area contributed by atoms with Crippen LogP contribution in [0.5, 0.6) is 0 Å². The number of nitrogens with zero attached hydrogens (tertiary/aromatic N) is 1. The van der Waals surface area contributed by atoms with Gasteiger partial charge in [0.25, 0.3) is 5.56 Å². The van der Waals surface area contributed by atoms with Crippen molar-refractivity contribution in [3.63, 3.8) is 0 Å². The average Bonchev–Trinajstić information content (AvgIpc) is 3.39. The van der Waals surface area contributed by atoms with E-state index in [-0.39, 0.29) is 11.1 Å². The summed E-state index contributed by atoms with van der Waals surface area (Å²) < 4.78 is 57.6. The first-order valence-corrected chi connectivity index (χ1v) is 17.1. The normalized spacial score (nSPS) is 21.5. The molecular weight excluding hydrogens is 674 g/mol. The number of hydrogen-bond acceptors (Lipinski definition) is 12. The second-order valence-corrected chi connectivity index (χ2v) is 13.2. The Balaban J connectivity index is 1.42. The summed E-state index contributed by atoms with van der Waals surface area (Å²) in [7, 11) is -10.6. The van der Waals surface area contributed by atoms with E-state index in [4.69, 9.17) is 23.3 Å². The van der Waals surface area contributed by atoms with Crippen molar-refractivity contribution >= 4 is 27.6 Å². The Morgan fingerprint density at radius 3 is 1.83 bits per heavy atom. The average molecular weight is 703 g/mol. The molecule has 0 radical (unpaired) electrons. The van der Waals surface area contributed by atoms with Crippen molar-refractivity contribution in [3.8, 4) is 0 Å². The van der Waals surface area contributed by atoms with Crippen molar-refractivity contribution in [2.45, 2.75) is 31.1 Å². The highest BCUT2D eigenvalue weighted by Gasteiger charge is 2.52. The molecule has 1 fully saturated rings. The topological polar surface area (TPSA) is 219 Å². The molecular formula is C30H28N2O14P2. The van der Waals surface area contributed by atoms with E-state index in [2.05, 4.69) is 4.31 Å².